The Kier molecular flexibility index (Phi) is 4.03. The van der Waals surface area contributed by atoms with Gasteiger partial charge >= 0.3 is 6.18 Å². The first-order chi connectivity index (χ1) is 5.38. The second-order valence-electron chi connectivity index (χ2n) is 2.51. The lowest BCUT2D eigenvalue weighted by Crippen LogP contribution is -2.38. The van der Waals surface area contributed by atoms with E-state index in [4.69, 9.17) is 0 Å². The number of hydrogen-bond donors (Lipinski definition) is 1. The summed E-state index contributed by atoms with van der Waals surface area (Å²) in [5.74, 6) is 0. The van der Waals surface area contributed by atoms with Crippen LogP contribution in [0.4, 0.5) is 13.2 Å². The first-order valence-electron chi connectivity index (χ1n) is 3.45. The van der Waals surface area contributed by atoms with Gasteiger partial charge < -0.3 is 5.32 Å². The van der Waals surface area contributed by atoms with Gasteiger partial charge in [-0.05, 0) is 14.0 Å². The minimum Gasteiger partial charge on any atom is -0.306 e. The first kappa shape index (κ1) is 11.2. The van der Waals surface area contributed by atoms with Crippen LogP contribution in [0.3, 0.4) is 0 Å². The molecule has 0 aliphatic carbocycles. The Hall–Kier alpha value is -0.770. The van der Waals surface area contributed by atoms with E-state index in [1.165, 1.54) is 13.1 Å². The van der Waals surface area contributed by atoms with Crippen molar-refractivity contribution < 1.29 is 13.2 Å². The number of rotatable bonds is 3. The van der Waals surface area contributed by atoms with E-state index in [-0.39, 0.29) is 0 Å². The van der Waals surface area contributed by atoms with Crippen LogP contribution in [-0.2, 0) is 0 Å². The summed E-state index contributed by atoms with van der Waals surface area (Å²) in [7, 11) is 1.26. The highest BCUT2D eigenvalue weighted by atomic mass is 19.4. The molecule has 70 valence electrons. The van der Waals surface area contributed by atoms with Gasteiger partial charge in [0.2, 0.25) is 0 Å². The summed E-state index contributed by atoms with van der Waals surface area (Å²) in [6.07, 6.45) is -1.85. The third-order valence-electron chi connectivity index (χ3n) is 1.24. The molecule has 12 heavy (non-hydrogen) atoms. The van der Waals surface area contributed by atoms with Gasteiger partial charge in [-0.25, -0.2) is 0 Å². The molecule has 0 bridgehead atoms. The third kappa shape index (κ3) is 4.18. The molecule has 0 saturated heterocycles. The Morgan fingerprint density at radius 2 is 2.00 bits per heavy atom. The van der Waals surface area contributed by atoms with Gasteiger partial charge in [-0.2, -0.15) is 13.2 Å². The fraction of sp³-hybridized carbons (Fsp3) is 0.500. The molecule has 0 aromatic heterocycles. The lowest BCUT2D eigenvalue weighted by molar-refractivity contribution is -0.143. The van der Waals surface area contributed by atoms with Crippen LogP contribution in [-0.4, -0.2) is 19.3 Å². The zero-order valence-electron chi connectivity index (χ0n) is 7.07. The Labute approximate surface area is 70.0 Å². The quantitative estimate of drug-likeness (QED) is 0.655. The van der Waals surface area contributed by atoms with Gasteiger partial charge in [-0.3, -0.25) is 0 Å². The van der Waals surface area contributed by atoms with Gasteiger partial charge in [0, 0.05) is 0 Å². The fourth-order valence-electron chi connectivity index (χ4n) is 0.629. The molecule has 1 N–H and O–H groups in total. The topological polar surface area (TPSA) is 12.0 Å². The molecule has 0 amide bonds. The van der Waals surface area contributed by atoms with Crippen LogP contribution in [0.15, 0.2) is 24.3 Å². The minimum atomic E-state index is -4.24. The van der Waals surface area contributed by atoms with Crippen LogP contribution in [0, 0.1) is 0 Å². The Balaban J connectivity index is 4.28. The highest BCUT2D eigenvalue weighted by Gasteiger charge is 2.36. The number of hydrogen-bond acceptors (Lipinski definition) is 1. The van der Waals surface area contributed by atoms with E-state index in [0.29, 0.717) is 5.57 Å². The standard InChI is InChI=1S/C8H12F3N/c1-6(2)4-5-7(12-3)8(9,10)11/h4-5,7,12H,1H2,2-3H3/b5-4-. The number of nitrogens with one attached hydrogen (secondary N) is 1. The second kappa shape index (κ2) is 4.30. The van der Waals surface area contributed by atoms with Crippen molar-refractivity contribution in [1.29, 1.82) is 0 Å². The third-order valence-corrected chi connectivity index (χ3v) is 1.24. The summed E-state index contributed by atoms with van der Waals surface area (Å²) in [4.78, 5) is 0. The lowest BCUT2D eigenvalue weighted by atomic mass is 10.2. The molecule has 0 aliphatic heterocycles. The molecule has 1 nitrogen and oxygen atoms in total. The summed E-state index contributed by atoms with van der Waals surface area (Å²) in [6.45, 7) is 5.10. The molecule has 0 spiro atoms. The summed E-state index contributed by atoms with van der Waals surface area (Å²) < 4.78 is 36.1. The highest BCUT2D eigenvalue weighted by Crippen LogP contribution is 2.20. The molecule has 0 heterocycles. The van der Waals surface area contributed by atoms with Crippen LogP contribution in [0.1, 0.15) is 6.92 Å². The molecule has 4 heteroatoms. The van der Waals surface area contributed by atoms with E-state index < -0.39 is 12.2 Å². The van der Waals surface area contributed by atoms with Crippen molar-refractivity contribution >= 4 is 0 Å². The van der Waals surface area contributed by atoms with Crippen molar-refractivity contribution in [2.75, 3.05) is 7.05 Å². The van der Waals surface area contributed by atoms with Crippen molar-refractivity contribution in [2.45, 2.75) is 19.1 Å². The first-order valence-corrected chi connectivity index (χ1v) is 3.45. The maximum Gasteiger partial charge on any atom is 0.407 e. The van der Waals surface area contributed by atoms with E-state index in [0.717, 1.165) is 6.08 Å². The molecule has 0 radical (unpaired) electrons. The van der Waals surface area contributed by atoms with Crippen LogP contribution in [0.5, 0.6) is 0 Å². The number of halogens is 3. The molecule has 0 aliphatic rings. The van der Waals surface area contributed by atoms with Gasteiger partial charge in [0.15, 0.2) is 0 Å². The summed E-state index contributed by atoms with van der Waals surface area (Å²) in [5, 5.41) is 2.14. The predicted molar refractivity (Wildman–Crippen MR) is 42.9 cm³/mol. The summed E-state index contributed by atoms with van der Waals surface area (Å²) in [5.41, 5.74) is 0.597. The van der Waals surface area contributed by atoms with Crippen molar-refractivity contribution in [2.24, 2.45) is 0 Å². The fourth-order valence-corrected chi connectivity index (χ4v) is 0.629. The molecular weight excluding hydrogens is 167 g/mol. The van der Waals surface area contributed by atoms with Gasteiger partial charge in [-0.15, -0.1) is 0 Å². The van der Waals surface area contributed by atoms with Crippen LogP contribution in [0.25, 0.3) is 0 Å². The highest BCUT2D eigenvalue weighted by molar-refractivity contribution is 5.14. The van der Waals surface area contributed by atoms with Crippen LogP contribution >= 0.6 is 0 Å². The minimum absolute atomic E-state index is 0.597. The molecule has 0 aromatic rings. The predicted octanol–water partition coefficient (Wildman–Crippen LogP) is 2.27. The van der Waals surface area contributed by atoms with Gasteiger partial charge in [0.05, 0.1) is 0 Å². The van der Waals surface area contributed by atoms with E-state index in [1.807, 2.05) is 0 Å². The van der Waals surface area contributed by atoms with Crippen molar-refractivity contribution in [3.63, 3.8) is 0 Å². The molecule has 1 atom stereocenters. The van der Waals surface area contributed by atoms with E-state index >= 15 is 0 Å². The van der Waals surface area contributed by atoms with E-state index in [1.54, 1.807) is 6.92 Å². The van der Waals surface area contributed by atoms with Gasteiger partial charge in [-0.1, -0.05) is 24.3 Å². The average molecular weight is 179 g/mol. The summed E-state index contributed by atoms with van der Waals surface area (Å²) in [6, 6.07) is -1.59. The lowest BCUT2D eigenvalue weighted by Gasteiger charge is -2.15. The molecule has 1 unspecified atom stereocenters. The Morgan fingerprint density at radius 1 is 1.50 bits per heavy atom. The van der Waals surface area contributed by atoms with Crippen LogP contribution < -0.4 is 5.32 Å². The Bertz CT molecular complexity index is 181. The van der Waals surface area contributed by atoms with Crippen molar-refractivity contribution in [3.8, 4) is 0 Å². The molecular formula is C8H12F3N. The van der Waals surface area contributed by atoms with Crippen molar-refractivity contribution in [1.82, 2.24) is 5.32 Å². The normalized spacial score (nSPS) is 15.1. The van der Waals surface area contributed by atoms with Crippen LogP contribution in [0.2, 0.25) is 0 Å². The summed E-state index contributed by atoms with van der Waals surface area (Å²) >= 11 is 0. The van der Waals surface area contributed by atoms with Gasteiger partial charge in [0.25, 0.3) is 0 Å². The molecule has 0 saturated carbocycles. The van der Waals surface area contributed by atoms with Crippen molar-refractivity contribution in [3.05, 3.63) is 24.3 Å². The zero-order chi connectivity index (χ0) is 9.78. The maximum atomic E-state index is 12.0. The number of alkyl halides is 3. The SMILES string of the molecule is C=C(C)/C=C\C(NC)C(F)(F)F. The van der Waals surface area contributed by atoms with Gasteiger partial charge in [0.1, 0.15) is 6.04 Å². The largest absolute Gasteiger partial charge is 0.407 e. The second-order valence-corrected chi connectivity index (χ2v) is 2.51. The number of likely N-dealkylation sites (N-methyl/N-ethyl adjacent to an activating group) is 1. The molecule has 0 aromatic carbocycles. The van der Waals surface area contributed by atoms with E-state index in [9.17, 15) is 13.2 Å². The molecule has 0 fully saturated rings. The monoisotopic (exact) mass is 179 g/mol. The Morgan fingerprint density at radius 3 is 2.25 bits per heavy atom. The maximum absolute atomic E-state index is 12.0. The molecule has 0 rings (SSSR count). The smallest absolute Gasteiger partial charge is 0.306 e. The zero-order valence-corrected chi connectivity index (χ0v) is 7.07. The van der Waals surface area contributed by atoms with E-state index in [2.05, 4.69) is 11.9 Å². The average Bonchev–Trinajstić information content (AvgIpc) is 1.85. The number of allylic oxidation sites excluding steroid dienone is 2.